The summed E-state index contributed by atoms with van der Waals surface area (Å²) < 4.78 is 14.7. The molecular weight excluding hydrogens is 409 g/mol. The van der Waals surface area contributed by atoms with E-state index in [0.29, 0.717) is 24.8 Å². The van der Waals surface area contributed by atoms with Crippen molar-refractivity contribution in [3.8, 4) is 11.3 Å². The molecule has 1 aromatic carbocycles. The van der Waals surface area contributed by atoms with E-state index in [4.69, 9.17) is 0 Å². The van der Waals surface area contributed by atoms with Crippen LogP contribution in [0.3, 0.4) is 0 Å². The molecule has 0 unspecified atom stereocenters. The highest BCUT2D eigenvalue weighted by Crippen LogP contribution is 2.23. The van der Waals surface area contributed by atoms with Crippen molar-refractivity contribution in [2.45, 2.75) is 32.0 Å². The number of carbonyl (C=O) groups excluding carboxylic acids is 1. The van der Waals surface area contributed by atoms with Crippen molar-refractivity contribution >= 4 is 18.7 Å². The summed E-state index contributed by atoms with van der Waals surface area (Å²) in [5.74, 6) is 0.746. The van der Waals surface area contributed by atoms with Crippen LogP contribution < -0.4 is 10.6 Å². The lowest BCUT2D eigenvalue weighted by Gasteiger charge is -2.39. The number of amides is 1. The van der Waals surface area contributed by atoms with E-state index in [9.17, 15) is 9.18 Å². The first-order valence-electron chi connectivity index (χ1n) is 11.0. The lowest BCUT2D eigenvalue weighted by Crippen LogP contribution is -2.54. The highest BCUT2D eigenvalue weighted by atomic mass is 19.1. The number of nitrogens with one attached hydrogen (secondary N) is 2. The highest BCUT2D eigenvalue weighted by molar-refractivity contribution is 5.84. The maximum Gasteiger partial charge on any atom is 0.242 e. The number of rotatable bonds is 7. The van der Waals surface area contributed by atoms with Crippen LogP contribution in [0.1, 0.15) is 24.0 Å². The zero-order chi connectivity index (χ0) is 22.7. The standard InChI is InChI=1S/C23H30FN7O/c1-15-4-6-17(21-14-30(3)29-28-21)8-18(15)9-22(25-2)27-23(32)20-7-5-16(10-26-20)11-31-12-19(24)13-31/h4,6,8-9,14,16,19-20,26H,2,5,7,10-13H2,1,3H3,(H,27,32)/b22-9+/t16-,20+/m1/s1. The van der Waals surface area contributed by atoms with Crippen molar-refractivity contribution in [2.75, 3.05) is 26.2 Å². The lowest BCUT2D eigenvalue weighted by atomic mass is 9.93. The molecule has 2 saturated heterocycles. The average Bonchev–Trinajstić information content (AvgIpc) is 3.20. The van der Waals surface area contributed by atoms with Crippen molar-refractivity contribution in [3.05, 3.63) is 41.3 Å². The minimum atomic E-state index is -0.674. The zero-order valence-corrected chi connectivity index (χ0v) is 18.6. The minimum Gasteiger partial charge on any atom is -0.309 e. The fraction of sp³-hybridized carbons (Fsp3) is 0.478. The third-order valence-corrected chi connectivity index (χ3v) is 6.15. The molecule has 0 saturated carbocycles. The first-order valence-corrected chi connectivity index (χ1v) is 11.0. The van der Waals surface area contributed by atoms with Crippen molar-refractivity contribution in [1.29, 1.82) is 0 Å². The number of carbonyl (C=O) groups is 1. The Morgan fingerprint density at radius 2 is 2.22 bits per heavy atom. The Bertz CT molecular complexity index is 1000. The van der Waals surface area contributed by atoms with Gasteiger partial charge in [-0.1, -0.05) is 17.3 Å². The molecule has 9 heteroatoms. The van der Waals surface area contributed by atoms with Gasteiger partial charge in [-0.15, -0.1) is 5.10 Å². The molecule has 0 bridgehead atoms. The molecule has 4 rings (SSSR count). The number of nitrogens with zero attached hydrogens (tertiary/aromatic N) is 5. The molecule has 170 valence electrons. The number of likely N-dealkylation sites (tertiary alicyclic amines) is 1. The molecule has 0 radical (unpaired) electrons. The summed E-state index contributed by atoms with van der Waals surface area (Å²) in [5.41, 5.74) is 3.69. The number of alkyl halides is 1. The van der Waals surface area contributed by atoms with Gasteiger partial charge in [-0.3, -0.25) is 14.4 Å². The normalized spacial score (nSPS) is 22.4. The Labute approximate surface area is 187 Å². The van der Waals surface area contributed by atoms with Gasteiger partial charge in [0.25, 0.3) is 0 Å². The summed E-state index contributed by atoms with van der Waals surface area (Å²) >= 11 is 0. The first kappa shape index (κ1) is 22.3. The molecule has 1 aromatic heterocycles. The van der Waals surface area contributed by atoms with Crippen LogP contribution in [0, 0.1) is 12.8 Å². The molecule has 2 aliphatic heterocycles. The molecule has 0 spiro atoms. The summed E-state index contributed by atoms with van der Waals surface area (Å²) in [6.45, 7) is 8.35. The van der Waals surface area contributed by atoms with Gasteiger partial charge >= 0.3 is 0 Å². The van der Waals surface area contributed by atoms with Crippen LogP contribution in [0.5, 0.6) is 0 Å². The van der Waals surface area contributed by atoms with Gasteiger partial charge in [-0.25, -0.2) is 9.38 Å². The number of hydrogen-bond acceptors (Lipinski definition) is 6. The Morgan fingerprint density at radius 3 is 2.84 bits per heavy atom. The predicted octanol–water partition coefficient (Wildman–Crippen LogP) is 1.93. The van der Waals surface area contributed by atoms with E-state index in [-0.39, 0.29) is 11.9 Å². The van der Waals surface area contributed by atoms with Crippen molar-refractivity contribution in [3.63, 3.8) is 0 Å². The third kappa shape index (κ3) is 5.28. The highest BCUT2D eigenvalue weighted by Gasteiger charge is 2.31. The van der Waals surface area contributed by atoms with Crippen LogP contribution in [-0.2, 0) is 11.8 Å². The SMILES string of the molecule is C=N/C(=C\c1cc(-c2cn(C)nn2)ccc1C)NC(=O)[C@@H]1CC[C@@H](CN2CC(F)C2)CN1. The van der Waals surface area contributed by atoms with Gasteiger partial charge in [0, 0.05) is 32.2 Å². The van der Waals surface area contributed by atoms with Gasteiger partial charge in [0.2, 0.25) is 5.91 Å². The summed E-state index contributed by atoms with van der Waals surface area (Å²) in [5, 5.41) is 14.4. The number of hydrogen-bond donors (Lipinski definition) is 2. The molecule has 32 heavy (non-hydrogen) atoms. The number of aliphatic imine (C=N–C) groups is 1. The van der Waals surface area contributed by atoms with Crippen molar-refractivity contribution in [1.82, 2.24) is 30.5 Å². The van der Waals surface area contributed by atoms with Crippen LogP contribution in [-0.4, -0.2) is 70.9 Å². The van der Waals surface area contributed by atoms with Crippen LogP contribution in [0.25, 0.3) is 17.3 Å². The van der Waals surface area contributed by atoms with E-state index in [2.05, 4.69) is 37.6 Å². The molecule has 2 fully saturated rings. The number of halogens is 1. The molecule has 3 heterocycles. The number of piperidine rings is 1. The molecule has 1 amide bonds. The van der Waals surface area contributed by atoms with Crippen LogP contribution >= 0.6 is 0 Å². The first-order chi connectivity index (χ1) is 15.4. The maximum atomic E-state index is 13.0. The smallest absolute Gasteiger partial charge is 0.242 e. The van der Waals surface area contributed by atoms with E-state index in [1.165, 1.54) is 0 Å². The van der Waals surface area contributed by atoms with Gasteiger partial charge in [0.05, 0.1) is 12.2 Å². The Balaban J connectivity index is 1.37. The molecular formula is C23H30FN7O. The Kier molecular flexibility index (Phi) is 6.76. The topological polar surface area (TPSA) is 87.4 Å². The van der Waals surface area contributed by atoms with E-state index in [0.717, 1.165) is 48.3 Å². The Hall–Kier alpha value is -2.91. The van der Waals surface area contributed by atoms with E-state index >= 15 is 0 Å². The number of aromatic nitrogens is 3. The molecule has 2 atom stereocenters. The summed E-state index contributed by atoms with van der Waals surface area (Å²) in [6, 6.07) is 5.73. The van der Waals surface area contributed by atoms with E-state index in [1.54, 1.807) is 4.68 Å². The van der Waals surface area contributed by atoms with E-state index in [1.807, 2.05) is 44.4 Å². The number of aryl methyl sites for hydroxylation is 2. The average molecular weight is 440 g/mol. The summed E-state index contributed by atoms with van der Waals surface area (Å²) in [7, 11) is 1.83. The summed E-state index contributed by atoms with van der Waals surface area (Å²) in [4.78, 5) is 18.9. The zero-order valence-electron chi connectivity index (χ0n) is 18.6. The molecule has 2 N–H and O–H groups in total. The maximum absolute atomic E-state index is 13.0. The largest absolute Gasteiger partial charge is 0.309 e. The molecule has 8 nitrogen and oxygen atoms in total. The second kappa shape index (κ2) is 9.70. The summed E-state index contributed by atoms with van der Waals surface area (Å²) in [6.07, 6.45) is 4.69. The quantitative estimate of drug-likeness (QED) is 0.644. The fourth-order valence-electron chi connectivity index (χ4n) is 4.23. The third-order valence-electron chi connectivity index (χ3n) is 6.15. The van der Waals surface area contributed by atoms with Crippen molar-refractivity contribution in [2.24, 2.45) is 18.0 Å². The Morgan fingerprint density at radius 1 is 1.41 bits per heavy atom. The number of benzene rings is 1. The molecule has 2 aromatic rings. The second-order valence-corrected chi connectivity index (χ2v) is 8.75. The fourth-order valence-corrected chi connectivity index (χ4v) is 4.23. The molecule has 2 aliphatic rings. The van der Waals surface area contributed by atoms with Gasteiger partial charge < -0.3 is 10.6 Å². The van der Waals surface area contributed by atoms with Gasteiger partial charge in [-0.05, 0) is 62.2 Å². The minimum absolute atomic E-state index is 0.113. The van der Waals surface area contributed by atoms with Gasteiger partial charge in [0.15, 0.2) is 0 Å². The molecule has 0 aliphatic carbocycles. The van der Waals surface area contributed by atoms with Crippen LogP contribution in [0.15, 0.2) is 35.2 Å². The van der Waals surface area contributed by atoms with Gasteiger partial charge in [0.1, 0.15) is 17.7 Å². The van der Waals surface area contributed by atoms with Crippen LogP contribution in [0.2, 0.25) is 0 Å². The van der Waals surface area contributed by atoms with Gasteiger partial charge in [-0.2, -0.15) is 0 Å². The van der Waals surface area contributed by atoms with Crippen molar-refractivity contribution < 1.29 is 9.18 Å². The predicted molar refractivity (Wildman–Crippen MR) is 123 cm³/mol. The lowest BCUT2D eigenvalue weighted by molar-refractivity contribution is -0.123. The second-order valence-electron chi connectivity index (χ2n) is 8.75. The monoisotopic (exact) mass is 439 g/mol. The van der Waals surface area contributed by atoms with Crippen LogP contribution in [0.4, 0.5) is 4.39 Å². The van der Waals surface area contributed by atoms with E-state index < -0.39 is 6.17 Å².